The first-order valence-corrected chi connectivity index (χ1v) is 10.5. The Bertz CT molecular complexity index is 873. The van der Waals surface area contributed by atoms with Gasteiger partial charge in [-0.3, -0.25) is 4.90 Å². The van der Waals surface area contributed by atoms with Gasteiger partial charge in [0.05, 0.1) is 6.61 Å². The maximum absolute atomic E-state index is 14.0. The van der Waals surface area contributed by atoms with Crippen molar-refractivity contribution in [3.63, 3.8) is 0 Å². The zero-order valence-electron chi connectivity index (χ0n) is 18.8. The molecule has 1 fully saturated rings. The largest absolute Gasteiger partial charge is 0.383 e. The third-order valence-electron chi connectivity index (χ3n) is 5.45. The van der Waals surface area contributed by atoms with E-state index in [1.807, 2.05) is 18.5 Å². The summed E-state index contributed by atoms with van der Waals surface area (Å²) in [5, 5.41) is 14.9. The maximum atomic E-state index is 14.0. The van der Waals surface area contributed by atoms with Crippen molar-refractivity contribution in [3.8, 4) is 0 Å². The Labute approximate surface area is 204 Å². The van der Waals surface area contributed by atoms with Crippen molar-refractivity contribution in [2.75, 3.05) is 33.4 Å². The molecule has 0 spiro atoms. The molecule has 2 aromatic rings. The van der Waals surface area contributed by atoms with Gasteiger partial charge in [0.1, 0.15) is 24.0 Å². The fraction of sp³-hybridized carbons (Fsp3) is 0.571. The van der Waals surface area contributed by atoms with Crippen LogP contribution in [0.2, 0.25) is 0 Å². The van der Waals surface area contributed by atoms with E-state index in [-0.39, 0.29) is 42.1 Å². The normalized spacial score (nSPS) is 17.2. The molecule has 3 rings (SSSR count). The molecule has 2 N–H and O–H groups in total. The lowest BCUT2D eigenvalue weighted by Gasteiger charge is -2.34. The summed E-state index contributed by atoms with van der Waals surface area (Å²) in [6.07, 6.45) is 1.88. The van der Waals surface area contributed by atoms with Crippen molar-refractivity contribution < 1.29 is 13.5 Å². The smallest absolute Gasteiger partial charge is 0.192 e. The lowest BCUT2D eigenvalue weighted by Crippen LogP contribution is -2.51. The second kappa shape index (κ2) is 13.0. The minimum absolute atomic E-state index is 0. The number of hydrogen-bond donors (Lipinski definition) is 2. The molecular weight excluding hydrogens is 531 g/mol. The SMILES string of the molecule is COCCNC(=NCc1nnc(C)n1C)NC1CCCN(Cc2c(F)cccc2F)C1.I. The van der Waals surface area contributed by atoms with Crippen LogP contribution in [-0.2, 0) is 24.9 Å². The minimum Gasteiger partial charge on any atom is -0.383 e. The number of aryl methyl sites for hydroxylation is 1. The second-order valence-electron chi connectivity index (χ2n) is 7.73. The van der Waals surface area contributed by atoms with Gasteiger partial charge < -0.3 is 19.9 Å². The van der Waals surface area contributed by atoms with Crippen LogP contribution in [0.15, 0.2) is 23.2 Å². The van der Waals surface area contributed by atoms with E-state index < -0.39 is 11.6 Å². The zero-order valence-corrected chi connectivity index (χ0v) is 21.1. The number of ether oxygens (including phenoxy) is 1. The van der Waals surface area contributed by atoms with E-state index in [9.17, 15) is 8.78 Å². The first kappa shape index (κ1) is 26.4. The van der Waals surface area contributed by atoms with Crippen LogP contribution in [0.1, 0.15) is 30.1 Å². The van der Waals surface area contributed by atoms with Crippen LogP contribution in [0.25, 0.3) is 0 Å². The van der Waals surface area contributed by atoms with Crippen LogP contribution in [0, 0.1) is 18.6 Å². The Balaban J connectivity index is 0.00000363. The molecule has 1 aromatic heterocycles. The monoisotopic (exact) mass is 563 g/mol. The van der Waals surface area contributed by atoms with Crippen molar-refractivity contribution in [2.24, 2.45) is 12.0 Å². The number of aliphatic imine (C=N–C) groups is 1. The molecule has 1 unspecified atom stereocenters. The number of likely N-dealkylation sites (tertiary alicyclic amines) is 1. The van der Waals surface area contributed by atoms with E-state index in [1.165, 1.54) is 18.2 Å². The highest BCUT2D eigenvalue weighted by Crippen LogP contribution is 2.18. The minimum atomic E-state index is -0.502. The number of halogens is 3. The number of methoxy groups -OCH3 is 1. The Morgan fingerprint density at radius 3 is 2.69 bits per heavy atom. The number of nitrogens with one attached hydrogen (secondary N) is 2. The number of piperidine rings is 1. The summed E-state index contributed by atoms with van der Waals surface area (Å²) >= 11 is 0. The van der Waals surface area contributed by atoms with Crippen LogP contribution >= 0.6 is 24.0 Å². The summed E-state index contributed by atoms with van der Waals surface area (Å²) in [6, 6.07) is 4.11. The second-order valence-corrected chi connectivity index (χ2v) is 7.73. The summed E-state index contributed by atoms with van der Waals surface area (Å²) in [5.74, 6) is 1.25. The quantitative estimate of drug-likeness (QED) is 0.222. The van der Waals surface area contributed by atoms with E-state index in [0.29, 0.717) is 32.2 Å². The van der Waals surface area contributed by atoms with E-state index in [2.05, 4.69) is 30.7 Å². The lowest BCUT2D eigenvalue weighted by molar-refractivity contribution is 0.187. The molecule has 0 saturated carbocycles. The van der Waals surface area contributed by atoms with E-state index in [1.54, 1.807) is 7.11 Å². The van der Waals surface area contributed by atoms with Crippen LogP contribution in [0.5, 0.6) is 0 Å². The highest BCUT2D eigenvalue weighted by Gasteiger charge is 2.23. The number of rotatable bonds is 8. The molecule has 1 aliphatic heterocycles. The summed E-state index contributed by atoms with van der Waals surface area (Å²) < 4.78 is 35.1. The number of guanidine groups is 1. The van der Waals surface area contributed by atoms with Gasteiger partial charge in [-0.25, -0.2) is 13.8 Å². The maximum Gasteiger partial charge on any atom is 0.192 e. The van der Waals surface area contributed by atoms with Crippen LogP contribution < -0.4 is 10.6 Å². The predicted molar refractivity (Wildman–Crippen MR) is 130 cm³/mol. The molecular formula is C21H32F2IN7O. The third-order valence-corrected chi connectivity index (χ3v) is 5.45. The number of aromatic nitrogens is 3. The summed E-state index contributed by atoms with van der Waals surface area (Å²) in [5.41, 5.74) is 0.118. The van der Waals surface area contributed by atoms with Crippen molar-refractivity contribution >= 4 is 29.9 Å². The lowest BCUT2D eigenvalue weighted by atomic mass is 10.0. The van der Waals surface area contributed by atoms with Gasteiger partial charge in [0.2, 0.25) is 0 Å². The van der Waals surface area contributed by atoms with Crippen molar-refractivity contribution in [1.82, 2.24) is 30.3 Å². The predicted octanol–water partition coefficient (Wildman–Crippen LogP) is 2.37. The average Bonchev–Trinajstić information content (AvgIpc) is 3.07. The molecule has 1 saturated heterocycles. The third kappa shape index (κ3) is 7.34. The van der Waals surface area contributed by atoms with Gasteiger partial charge in [-0.05, 0) is 38.4 Å². The summed E-state index contributed by atoms with van der Waals surface area (Å²) in [4.78, 5) is 6.72. The van der Waals surface area contributed by atoms with E-state index >= 15 is 0 Å². The van der Waals surface area contributed by atoms with Crippen molar-refractivity contribution in [2.45, 2.75) is 38.9 Å². The molecule has 178 valence electrons. The Morgan fingerprint density at radius 1 is 1.28 bits per heavy atom. The topological polar surface area (TPSA) is 79.6 Å². The first-order chi connectivity index (χ1) is 15.0. The Morgan fingerprint density at radius 2 is 2.03 bits per heavy atom. The molecule has 32 heavy (non-hydrogen) atoms. The average molecular weight is 563 g/mol. The fourth-order valence-corrected chi connectivity index (χ4v) is 3.58. The molecule has 0 amide bonds. The van der Waals surface area contributed by atoms with Gasteiger partial charge in [-0.1, -0.05) is 6.07 Å². The standard InChI is InChI=1S/C21H31F2N7O.HI/c1-15-27-28-20(29(15)2)12-25-21(24-9-11-31-3)26-16-6-5-10-30(13-16)14-17-18(22)7-4-8-19(17)23;/h4,7-8,16H,5-6,9-14H2,1-3H3,(H2,24,25,26);1H. The van der Waals surface area contributed by atoms with Gasteiger partial charge in [0, 0.05) is 45.4 Å². The number of nitrogens with zero attached hydrogens (tertiary/aromatic N) is 5. The van der Waals surface area contributed by atoms with Gasteiger partial charge in [0.15, 0.2) is 11.8 Å². The van der Waals surface area contributed by atoms with Gasteiger partial charge in [0.25, 0.3) is 0 Å². The van der Waals surface area contributed by atoms with E-state index in [0.717, 1.165) is 31.0 Å². The molecule has 1 atom stereocenters. The van der Waals surface area contributed by atoms with Gasteiger partial charge in [-0.2, -0.15) is 0 Å². The van der Waals surface area contributed by atoms with Gasteiger partial charge in [-0.15, -0.1) is 34.2 Å². The Hall–Kier alpha value is -1.86. The van der Waals surface area contributed by atoms with Crippen molar-refractivity contribution in [3.05, 3.63) is 47.0 Å². The van der Waals surface area contributed by atoms with Crippen LogP contribution in [0.3, 0.4) is 0 Å². The number of hydrogen-bond acceptors (Lipinski definition) is 5. The highest BCUT2D eigenvalue weighted by atomic mass is 127. The first-order valence-electron chi connectivity index (χ1n) is 10.5. The highest BCUT2D eigenvalue weighted by molar-refractivity contribution is 14.0. The molecule has 8 nitrogen and oxygen atoms in total. The summed E-state index contributed by atoms with van der Waals surface area (Å²) in [7, 11) is 3.56. The molecule has 0 aliphatic carbocycles. The van der Waals surface area contributed by atoms with Gasteiger partial charge >= 0.3 is 0 Å². The molecule has 11 heteroatoms. The molecule has 1 aliphatic rings. The molecule has 2 heterocycles. The Kier molecular flexibility index (Phi) is 10.7. The molecule has 0 bridgehead atoms. The van der Waals surface area contributed by atoms with Crippen LogP contribution in [-0.4, -0.2) is 65.0 Å². The molecule has 1 aromatic carbocycles. The van der Waals surface area contributed by atoms with Crippen LogP contribution in [0.4, 0.5) is 8.78 Å². The summed E-state index contributed by atoms with van der Waals surface area (Å²) in [6.45, 7) is 5.15. The van der Waals surface area contributed by atoms with Crippen molar-refractivity contribution in [1.29, 1.82) is 0 Å². The zero-order chi connectivity index (χ0) is 22.2. The molecule has 0 radical (unpaired) electrons. The van der Waals surface area contributed by atoms with E-state index in [4.69, 9.17) is 4.74 Å². The number of benzene rings is 1. The fourth-order valence-electron chi connectivity index (χ4n) is 3.58.